The highest BCUT2D eigenvalue weighted by Crippen LogP contribution is 2.20. The molecule has 2 rings (SSSR count). The first-order valence-electron chi connectivity index (χ1n) is 9.10. The van der Waals surface area contributed by atoms with Crippen LogP contribution in [0.2, 0.25) is 0 Å². The quantitative estimate of drug-likeness (QED) is 0.317. The van der Waals surface area contributed by atoms with E-state index in [1.165, 1.54) is 11.1 Å². The van der Waals surface area contributed by atoms with E-state index < -0.39 is 0 Å². The van der Waals surface area contributed by atoms with E-state index in [2.05, 4.69) is 46.5 Å². The highest BCUT2D eigenvalue weighted by Gasteiger charge is 2.19. The molecule has 0 bridgehead atoms. The second kappa shape index (κ2) is 10.9. The lowest BCUT2D eigenvalue weighted by molar-refractivity contribution is -0.127. The average molecular weight is 375 g/mol. The van der Waals surface area contributed by atoms with Crippen LogP contribution in [-0.4, -0.2) is 61.5 Å². The first-order chi connectivity index (χ1) is 12.6. The minimum atomic E-state index is 0.00104. The van der Waals surface area contributed by atoms with Crippen LogP contribution in [0, 0.1) is 0 Å². The summed E-state index contributed by atoms with van der Waals surface area (Å²) >= 11 is 1.82. The number of thioether (sulfide) groups is 1. The fraction of sp³-hybridized carbons (Fsp3) is 0.500. The number of aryl methyl sites for hydroxylation is 1. The van der Waals surface area contributed by atoms with Crippen molar-refractivity contribution in [3.05, 3.63) is 48.0 Å². The molecule has 1 amide bonds. The van der Waals surface area contributed by atoms with E-state index in [1.54, 1.807) is 19.0 Å². The summed E-state index contributed by atoms with van der Waals surface area (Å²) in [4.78, 5) is 17.9. The van der Waals surface area contributed by atoms with Crippen LogP contribution in [0.4, 0.5) is 0 Å². The van der Waals surface area contributed by atoms with Gasteiger partial charge in [-0.05, 0) is 30.4 Å². The number of nitrogens with zero attached hydrogens (tertiary/aromatic N) is 2. The van der Waals surface area contributed by atoms with Crippen LogP contribution in [0.5, 0.6) is 0 Å². The lowest BCUT2D eigenvalue weighted by Gasteiger charge is -2.27. The number of fused-ring (bicyclic) bond motifs is 1. The number of guanidine groups is 1. The van der Waals surface area contributed by atoms with Crippen LogP contribution >= 0.6 is 11.8 Å². The molecule has 0 saturated carbocycles. The van der Waals surface area contributed by atoms with Gasteiger partial charge in [0.25, 0.3) is 0 Å². The zero-order chi connectivity index (χ0) is 18.8. The largest absolute Gasteiger partial charge is 0.356 e. The van der Waals surface area contributed by atoms with Gasteiger partial charge in [0.15, 0.2) is 5.96 Å². The van der Waals surface area contributed by atoms with Gasteiger partial charge in [-0.25, -0.2) is 4.99 Å². The lowest BCUT2D eigenvalue weighted by Crippen LogP contribution is -2.46. The maximum Gasteiger partial charge on any atom is 0.243 e. The van der Waals surface area contributed by atoms with Gasteiger partial charge in [-0.2, -0.15) is 11.8 Å². The second-order valence-electron chi connectivity index (χ2n) is 6.60. The van der Waals surface area contributed by atoms with Gasteiger partial charge in [-0.3, -0.25) is 4.79 Å². The van der Waals surface area contributed by atoms with Crippen molar-refractivity contribution in [1.29, 1.82) is 0 Å². The fourth-order valence-corrected chi connectivity index (χ4v) is 3.44. The van der Waals surface area contributed by atoms with E-state index in [0.29, 0.717) is 6.04 Å². The van der Waals surface area contributed by atoms with Crippen molar-refractivity contribution >= 4 is 23.6 Å². The molecule has 1 aromatic rings. The minimum Gasteiger partial charge on any atom is -0.356 e. The molecule has 1 unspecified atom stereocenters. The van der Waals surface area contributed by atoms with Crippen molar-refractivity contribution in [1.82, 2.24) is 15.5 Å². The fourth-order valence-electron chi connectivity index (χ4n) is 2.86. The summed E-state index contributed by atoms with van der Waals surface area (Å²) in [5, 5.41) is 6.88. The van der Waals surface area contributed by atoms with Crippen molar-refractivity contribution < 1.29 is 4.79 Å². The van der Waals surface area contributed by atoms with Crippen molar-refractivity contribution in [2.24, 2.45) is 4.99 Å². The monoisotopic (exact) mass is 374 g/mol. The molecule has 0 heterocycles. The third-order valence-electron chi connectivity index (χ3n) is 4.33. The molecule has 26 heavy (non-hydrogen) atoms. The Morgan fingerprint density at radius 1 is 1.38 bits per heavy atom. The molecule has 5 nitrogen and oxygen atoms in total. The van der Waals surface area contributed by atoms with Crippen molar-refractivity contribution in [3.8, 4) is 0 Å². The summed E-state index contributed by atoms with van der Waals surface area (Å²) in [7, 11) is 3.50. The van der Waals surface area contributed by atoms with Crippen molar-refractivity contribution in [3.63, 3.8) is 0 Å². The molecule has 0 fully saturated rings. The van der Waals surface area contributed by atoms with E-state index in [0.717, 1.165) is 43.3 Å². The minimum absolute atomic E-state index is 0.00104. The van der Waals surface area contributed by atoms with Gasteiger partial charge >= 0.3 is 0 Å². The first-order valence-corrected chi connectivity index (χ1v) is 10.3. The van der Waals surface area contributed by atoms with Gasteiger partial charge in [0.1, 0.15) is 6.54 Å². The third kappa shape index (κ3) is 6.75. The number of likely N-dealkylation sites (N-methyl/N-ethyl adjacent to an activating group) is 1. The van der Waals surface area contributed by atoms with Crippen LogP contribution < -0.4 is 10.6 Å². The zero-order valence-electron chi connectivity index (χ0n) is 15.8. The molecule has 0 radical (unpaired) electrons. The Labute approximate surface area is 161 Å². The smallest absolute Gasteiger partial charge is 0.243 e. The number of hydrogen-bond acceptors (Lipinski definition) is 3. The summed E-state index contributed by atoms with van der Waals surface area (Å²) in [6.07, 6.45) is 5.05. The molecule has 142 valence electrons. The predicted molar refractivity (Wildman–Crippen MR) is 112 cm³/mol. The standard InChI is InChI=1S/C20H30N4OS/c1-4-12-26-13-11-21-20(22-15-19(25)24(2)3)23-18-10-9-16-7-5-6-8-17(16)14-18/h4-8,18H,1,9-15H2,2-3H3,(H2,21,22,23). The molecule has 2 N–H and O–H groups in total. The normalized spacial score (nSPS) is 16.5. The van der Waals surface area contributed by atoms with E-state index in [1.807, 2.05) is 17.8 Å². The highest BCUT2D eigenvalue weighted by molar-refractivity contribution is 7.99. The molecule has 0 spiro atoms. The summed E-state index contributed by atoms with van der Waals surface area (Å²) in [6, 6.07) is 8.96. The molecule has 1 atom stereocenters. The van der Waals surface area contributed by atoms with E-state index in [9.17, 15) is 4.79 Å². The van der Waals surface area contributed by atoms with Crippen LogP contribution in [0.25, 0.3) is 0 Å². The summed E-state index contributed by atoms with van der Waals surface area (Å²) in [5.74, 6) is 2.65. The number of rotatable bonds is 8. The van der Waals surface area contributed by atoms with Gasteiger partial charge in [0.2, 0.25) is 5.91 Å². The summed E-state index contributed by atoms with van der Waals surface area (Å²) < 4.78 is 0. The first kappa shape index (κ1) is 20.4. The molecule has 0 aliphatic heterocycles. The topological polar surface area (TPSA) is 56.7 Å². The molecule has 1 aliphatic rings. The highest BCUT2D eigenvalue weighted by atomic mass is 32.2. The lowest BCUT2D eigenvalue weighted by atomic mass is 9.88. The number of benzene rings is 1. The van der Waals surface area contributed by atoms with Gasteiger partial charge in [-0.15, -0.1) is 6.58 Å². The van der Waals surface area contributed by atoms with Crippen LogP contribution in [0.1, 0.15) is 17.5 Å². The van der Waals surface area contributed by atoms with E-state index >= 15 is 0 Å². The summed E-state index contributed by atoms with van der Waals surface area (Å²) in [5.41, 5.74) is 2.85. The van der Waals surface area contributed by atoms with E-state index in [4.69, 9.17) is 0 Å². The van der Waals surface area contributed by atoms with E-state index in [-0.39, 0.29) is 12.5 Å². The molecular formula is C20H30N4OS. The third-order valence-corrected chi connectivity index (χ3v) is 5.30. The van der Waals surface area contributed by atoms with Crippen LogP contribution in [0.15, 0.2) is 41.9 Å². The Bertz CT molecular complexity index is 630. The average Bonchev–Trinajstić information content (AvgIpc) is 2.65. The molecule has 0 aromatic heterocycles. The maximum atomic E-state index is 11.9. The Hall–Kier alpha value is -1.95. The van der Waals surface area contributed by atoms with Gasteiger partial charge in [-0.1, -0.05) is 30.3 Å². The molecule has 1 aromatic carbocycles. The number of carbonyl (C=O) groups excluding carboxylic acids is 1. The number of nitrogens with one attached hydrogen (secondary N) is 2. The summed E-state index contributed by atoms with van der Waals surface area (Å²) in [6.45, 7) is 4.70. The molecule has 1 aliphatic carbocycles. The Morgan fingerprint density at radius 3 is 2.88 bits per heavy atom. The van der Waals surface area contributed by atoms with Crippen molar-refractivity contribution in [2.45, 2.75) is 25.3 Å². The SMILES string of the molecule is C=CCSCCNC(=NCC(=O)N(C)C)NC1CCc2ccccc2C1. The van der Waals surface area contributed by atoms with Crippen LogP contribution in [0.3, 0.4) is 0 Å². The molecule has 0 saturated heterocycles. The number of carbonyl (C=O) groups is 1. The van der Waals surface area contributed by atoms with Gasteiger partial charge in [0.05, 0.1) is 0 Å². The van der Waals surface area contributed by atoms with Gasteiger partial charge < -0.3 is 15.5 Å². The van der Waals surface area contributed by atoms with Crippen LogP contribution in [-0.2, 0) is 17.6 Å². The maximum absolute atomic E-state index is 11.9. The molecule has 6 heteroatoms. The number of aliphatic imine (C=N–C) groups is 1. The Balaban J connectivity index is 1.93. The zero-order valence-corrected chi connectivity index (χ0v) is 16.6. The Kier molecular flexibility index (Phi) is 8.54. The number of hydrogen-bond donors (Lipinski definition) is 2. The predicted octanol–water partition coefficient (Wildman–Crippen LogP) is 2.09. The Morgan fingerprint density at radius 2 is 2.15 bits per heavy atom. The van der Waals surface area contributed by atoms with Gasteiger partial charge in [0, 0.05) is 38.2 Å². The molecular weight excluding hydrogens is 344 g/mol. The van der Waals surface area contributed by atoms with Crippen molar-refractivity contribution in [2.75, 3.05) is 38.7 Å². The second-order valence-corrected chi connectivity index (χ2v) is 7.75. The number of amides is 1.